The lowest BCUT2D eigenvalue weighted by atomic mass is 10.00. The third-order valence-electron chi connectivity index (χ3n) is 5.20. The average Bonchev–Trinajstić information content (AvgIpc) is 3.22. The van der Waals surface area contributed by atoms with Crippen LogP contribution < -0.4 is 11.1 Å². The van der Waals surface area contributed by atoms with E-state index in [1.165, 1.54) is 4.57 Å². The van der Waals surface area contributed by atoms with Crippen molar-refractivity contribution >= 4 is 28.4 Å². The summed E-state index contributed by atoms with van der Waals surface area (Å²) in [6.45, 7) is 2.12. The Balaban J connectivity index is 1.47. The first-order valence-electron chi connectivity index (χ1n) is 9.71. The van der Waals surface area contributed by atoms with Crippen LogP contribution in [0.4, 0.5) is 0 Å². The Bertz CT molecular complexity index is 1150. The van der Waals surface area contributed by atoms with Crippen LogP contribution in [0, 0.1) is 0 Å². The zero-order valence-electron chi connectivity index (χ0n) is 16.2. The molecule has 0 fully saturated rings. The van der Waals surface area contributed by atoms with E-state index < -0.39 is 5.76 Å². The third kappa shape index (κ3) is 3.92. The van der Waals surface area contributed by atoms with E-state index in [2.05, 4.69) is 5.32 Å². The van der Waals surface area contributed by atoms with Gasteiger partial charge in [-0.2, -0.15) is 0 Å². The molecule has 0 bridgehead atoms. The summed E-state index contributed by atoms with van der Waals surface area (Å²) in [5, 5.41) is 2.90. The molecule has 29 heavy (non-hydrogen) atoms. The molecule has 6 heteroatoms. The number of carbonyl (C=O) groups excluding carboxylic acids is 2. The van der Waals surface area contributed by atoms with E-state index in [9.17, 15) is 14.4 Å². The summed E-state index contributed by atoms with van der Waals surface area (Å²) in [4.78, 5) is 37.0. The lowest BCUT2D eigenvalue weighted by Crippen LogP contribution is -2.37. The zero-order chi connectivity index (χ0) is 20.4. The van der Waals surface area contributed by atoms with Crippen molar-refractivity contribution < 1.29 is 14.0 Å². The number of amides is 1. The highest BCUT2D eigenvalue weighted by molar-refractivity contribution is 6.10. The van der Waals surface area contributed by atoms with Crippen LogP contribution in [0.1, 0.15) is 31.7 Å². The molecular weight excluding hydrogens is 368 g/mol. The van der Waals surface area contributed by atoms with Crippen LogP contribution in [0.25, 0.3) is 16.7 Å². The molecule has 0 radical (unpaired) electrons. The van der Waals surface area contributed by atoms with E-state index in [0.717, 1.165) is 11.1 Å². The molecule has 0 saturated carbocycles. The third-order valence-corrected chi connectivity index (χ3v) is 5.20. The number of para-hydroxylation sites is 2. The minimum atomic E-state index is -0.452. The number of fused-ring (bicyclic) bond motifs is 1. The first-order valence-corrected chi connectivity index (χ1v) is 9.71. The van der Waals surface area contributed by atoms with E-state index in [1.807, 2.05) is 49.4 Å². The van der Waals surface area contributed by atoms with Gasteiger partial charge in [0.2, 0.25) is 5.91 Å². The molecule has 3 aromatic rings. The van der Waals surface area contributed by atoms with Crippen molar-refractivity contribution in [2.75, 3.05) is 0 Å². The smallest absolute Gasteiger partial charge is 0.408 e. The Morgan fingerprint density at radius 1 is 1.07 bits per heavy atom. The lowest BCUT2D eigenvalue weighted by molar-refractivity contribution is -0.122. The second-order valence-corrected chi connectivity index (χ2v) is 7.34. The first kappa shape index (κ1) is 18.9. The Morgan fingerprint density at radius 3 is 2.59 bits per heavy atom. The highest BCUT2D eigenvalue weighted by Gasteiger charge is 2.26. The summed E-state index contributed by atoms with van der Waals surface area (Å²) in [5.41, 5.74) is 3.75. The SMILES string of the molecule is C[C@H](Cn1c(=O)oc2ccccc21)NC(=O)CC1=C(c2ccccc2)CCC1=O. The van der Waals surface area contributed by atoms with Gasteiger partial charge in [0.25, 0.3) is 0 Å². The minimum Gasteiger partial charge on any atom is -0.408 e. The minimum absolute atomic E-state index is 0.0312. The summed E-state index contributed by atoms with van der Waals surface area (Å²) in [6.07, 6.45) is 1.16. The number of aromatic nitrogens is 1. The van der Waals surface area contributed by atoms with Crippen molar-refractivity contribution in [3.05, 3.63) is 76.3 Å². The predicted octanol–water partition coefficient (Wildman–Crippen LogP) is 3.31. The van der Waals surface area contributed by atoms with Crippen LogP contribution >= 0.6 is 0 Å². The zero-order valence-corrected chi connectivity index (χ0v) is 16.2. The number of rotatable bonds is 6. The molecule has 1 aliphatic carbocycles. The van der Waals surface area contributed by atoms with Crippen molar-refractivity contribution in [2.45, 2.75) is 38.8 Å². The second-order valence-electron chi connectivity index (χ2n) is 7.34. The normalized spacial score (nSPS) is 15.1. The number of hydrogen-bond donors (Lipinski definition) is 1. The number of ketones is 1. The van der Waals surface area contributed by atoms with E-state index in [1.54, 1.807) is 12.1 Å². The molecule has 148 valence electrons. The predicted molar refractivity (Wildman–Crippen MR) is 110 cm³/mol. The van der Waals surface area contributed by atoms with Gasteiger partial charge in [0.1, 0.15) is 0 Å². The van der Waals surface area contributed by atoms with Crippen LogP contribution in [-0.4, -0.2) is 22.3 Å². The van der Waals surface area contributed by atoms with Crippen molar-refractivity contribution in [1.29, 1.82) is 0 Å². The number of hydrogen-bond acceptors (Lipinski definition) is 4. The number of Topliss-reactive ketones (excluding diaryl/α,β-unsaturated/α-hetero) is 1. The molecule has 2 aromatic carbocycles. The van der Waals surface area contributed by atoms with Crippen molar-refractivity contribution in [3.63, 3.8) is 0 Å². The summed E-state index contributed by atoms with van der Waals surface area (Å²) in [5.74, 6) is -0.645. The lowest BCUT2D eigenvalue weighted by Gasteiger charge is -2.15. The maximum atomic E-state index is 12.6. The Kier molecular flexibility index (Phi) is 5.16. The van der Waals surface area contributed by atoms with Gasteiger partial charge in [-0.05, 0) is 36.6 Å². The van der Waals surface area contributed by atoms with Crippen LogP contribution in [0.3, 0.4) is 0 Å². The van der Waals surface area contributed by atoms with E-state index >= 15 is 0 Å². The summed E-state index contributed by atoms with van der Waals surface area (Å²) in [6, 6.07) is 16.6. The number of nitrogens with one attached hydrogen (secondary N) is 1. The van der Waals surface area contributed by atoms with Crippen molar-refractivity contribution in [2.24, 2.45) is 0 Å². The molecule has 1 atom stereocenters. The molecule has 1 N–H and O–H groups in total. The Hall–Kier alpha value is -3.41. The fourth-order valence-corrected chi connectivity index (χ4v) is 3.86. The fraction of sp³-hybridized carbons (Fsp3) is 0.261. The number of oxazole rings is 1. The maximum absolute atomic E-state index is 12.6. The molecule has 1 amide bonds. The number of carbonyl (C=O) groups is 2. The van der Waals surface area contributed by atoms with Gasteiger partial charge in [0.05, 0.1) is 11.9 Å². The van der Waals surface area contributed by atoms with Gasteiger partial charge in [0, 0.05) is 24.6 Å². The summed E-state index contributed by atoms with van der Waals surface area (Å²) < 4.78 is 6.74. The monoisotopic (exact) mass is 390 g/mol. The van der Waals surface area contributed by atoms with Crippen LogP contribution in [0.5, 0.6) is 0 Å². The van der Waals surface area contributed by atoms with E-state index in [0.29, 0.717) is 36.1 Å². The summed E-state index contributed by atoms with van der Waals surface area (Å²) in [7, 11) is 0. The standard InChI is InChI=1S/C23H22N2O4/c1-15(14-25-19-9-5-6-10-21(19)29-23(25)28)24-22(27)13-18-17(11-12-20(18)26)16-7-3-2-4-8-16/h2-10,15H,11-14H2,1H3,(H,24,27)/t15-/m1/s1. The van der Waals surface area contributed by atoms with Gasteiger partial charge in [-0.25, -0.2) is 4.79 Å². The molecule has 6 nitrogen and oxygen atoms in total. The highest BCUT2D eigenvalue weighted by atomic mass is 16.4. The quantitative estimate of drug-likeness (QED) is 0.700. The number of nitrogens with zero attached hydrogens (tertiary/aromatic N) is 1. The van der Waals surface area contributed by atoms with Gasteiger partial charge in [-0.15, -0.1) is 0 Å². The summed E-state index contributed by atoms with van der Waals surface area (Å²) >= 11 is 0. The van der Waals surface area contributed by atoms with E-state index in [-0.39, 0.29) is 24.2 Å². The topological polar surface area (TPSA) is 81.3 Å². The van der Waals surface area contributed by atoms with Gasteiger partial charge in [-0.1, -0.05) is 42.5 Å². The molecule has 0 spiro atoms. The van der Waals surface area contributed by atoms with Gasteiger partial charge < -0.3 is 9.73 Å². The molecule has 1 aromatic heterocycles. The van der Waals surface area contributed by atoms with Crippen molar-refractivity contribution in [3.8, 4) is 0 Å². The fourth-order valence-electron chi connectivity index (χ4n) is 3.86. The Labute approximate surface area is 167 Å². The molecule has 0 aliphatic heterocycles. The number of allylic oxidation sites excluding steroid dienone is 1. The maximum Gasteiger partial charge on any atom is 0.420 e. The molecule has 0 unspecified atom stereocenters. The Morgan fingerprint density at radius 2 is 1.79 bits per heavy atom. The van der Waals surface area contributed by atoms with Crippen LogP contribution in [0.15, 0.2) is 69.4 Å². The van der Waals surface area contributed by atoms with Gasteiger partial charge >= 0.3 is 5.76 Å². The van der Waals surface area contributed by atoms with Crippen LogP contribution in [-0.2, 0) is 16.1 Å². The van der Waals surface area contributed by atoms with Crippen LogP contribution in [0.2, 0.25) is 0 Å². The van der Waals surface area contributed by atoms with Crippen molar-refractivity contribution in [1.82, 2.24) is 9.88 Å². The first-order chi connectivity index (χ1) is 14.0. The van der Waals surface area contributed by atoms with E-state index in [4.69, 9.17) is 4.42 Å². The molecule has 4 rings (SSSR count). The second kappa shape index (κ2) is 7.91. The molecule has 1 heterocycles. The molecular formula is C23H22N2O4. The molecule has 1 aliphatic rings. The highest BCUT2D eigenvalue weighted by Crippen LogP contribution is 2.33. The van der Waals surface area contributed by atoms with Gasteiger partial charge in [0.15, 0.2) is 11.4 Å². The average molecular weight is 390 g/mol. The molecule has 0 saturated heterocycles. The van der Waals surface area contributed by atoms with Gasteiger partial charge in [-0.3, -0.25) is 14.2 Å². The number of benzene rings is 2. The largest absolute Gasteiger partial charge is 0.420 e.